The molecule has 3 aromatic rings. The highest BCUT2D eigenvalue weighted by Crippen LogP contribution is 2.26. The van der Waals surface area contributed by atoms with Crippen molar-refractivity contribution in [3.63, 3.8) is 0 Å². The zero-order chi connectivity index (χ0) is 24.7. The summed E-state index contributed by atoms with van der Waals surface area (Å²) in [6.45, 7) is 2.98. The Hall–Kier alpha value is -3.66. The second-order valence-corrected chi connectivity index (χ2v) is 9.65. The number of benzene rings is 2. The minimum atomic E-state index is -4.65. The molecule has 174 valence electrons. The molecule has 0 aliphatic rings. The Balaban J connectivity index is 2.10. The predicted molar refractivity (Wildman–Crippen MR) is 113 cm³/mol. The van der Waals surface area contributed by atoms with Crippen LogP contribution in [0.4, 0.5) is 11.4 Å². The van der Waals surface area contributed by atoms with E-state index in [9.17, 15) is 36.1 Å². The standard InChI is InChI=1S/C18H16N4O9S2/c1-9-7-11(32(26,27)28)4-6-15(9)22-17(23)16(10(2)21-22)20-19-14-8-12(33(29,30)31)3-5-13(14)18(24)25/h3-8,21H,1-2H3,(H,24,25)(H,26,27,28)(H,29,30,31). The average molecular weight is 496 g/mol. The van der Waals surface area contributed by atoms with Gasteiger partial charge in [0, 0.05) is 0 Å². The van der Waals surface area contributed by atoms with Gasteiger partial charge in [0.25, 0.3) is 25.8 Å². The molecular formula is C18H16N4O9S2. The molecule has 2 aromatic carbocycles. The van der Waals surface area contributed by atoms with E-state index in [1.165, 1.54) is 19.9 Å². The molecule has 0 aliphatic heterocycles. The van der Waals surface area contributed by atoms with E-state index >= 15 is 0 Å². The third-order valence-corrected chi connectivity index (χ3v) is 6.20. The molecule has 0 fully saturated rings. The molecule has 0 saturated heterocycles. The van der Waals surface area contributed by atoms with Gasteiger partial charge in [0.1, 0.15) is 5.69 Å². The highest BCUT2D eigenvalue weighted by atomic mass is 32.2. The van der Waals surface area contributed by atoms with Crippen LogP contribution in [0.15, 0.2) is 61.2 Å². The van der Waals surface area contributed by atoms with Gasteiger partial charge < -0.3 is 5.11 Å². The van der Waals surface area contributed by atoms with Crippen molar-refractivity contribution in [3.8, 4) is 5.69 Å². The molecule has 0 bridgehead atoms. The van der Waals surface area contributed by atoms with Crippen molar-refractivity contribution < 1.29 is 35.8 Å². The number of carbonyl (C=O) groups is 1. The lowest BCUT2D eigenvalue weighted by molar-refractivity contribution is 0.0697. The third-order valence-electron chi connectivity index (χ3n) is 4.50. The summed E-state index contributed by atoms with van der Waals surface area (Å²) >= 11 is 0. The summed E-state index contributed by atoms with van der Waals surface area (Å²) in [6.07, 6.45) is 0. The number of carboxylic acids is 1. The normalized spacial score (nSPS) is 12.4. The Morgan fingerprint density at radius 3 is 2.06 bits per heavy atom. The van der Waals surface area contributed by atoms with E-state index in [4.69, 9.17) is 4.55 Å². The fourth-order valence-electron chi connectivity index (χ4n) is 2.90. The summed E-state index contributed by atoms with van der Waals surface area (Å²) in [5.74, 6) is -1.44. The number of carboxylic acid groups (broad SMARTS) is 1. The first kappa shape index (κ1) is 24.0. The number of H-pyrrole nitrogens is 1. The van der Waals surface area contributed by atoms with Gasteiger partial charge in [-0.3, -0.25) is 19.0 Å². The monoisotopic (exact) mass is 496 g/mol. The second-order valence-electron chi connectivity index (χ2n) is 6.81. The van der Waals surface area contributed by atoms with E-state index < -0.39 is 47.9 Å². The van der Waals surface area contributed by atoms with Crippen molar-refractivity contribution in [1.82, 2.24) is 9.78 Å². The topological polar surface area (TPSA) is 209 Å². The van der Waals surface area contributed by atoms with Crippen molar-refractivity contribution in [1.29, 1.82) is 0 Å². The minimum Gasteiger partial charge on any atom is -0.478 e. The predicted octanol–water partition coefficient (Wildman–Crippen LogP) is 2.39. The van der Waals surface area contributed by atoms with Gasteiger partial charge >= 0.3 is 5.97 Å². The Morgan fingerprint density at radius 1 is 0.939 bits per heavy atom. The molecule has 0 amide bonds. The first-order valence-corrected chi connectivity index (χ1v) is 11.7. The average Bonchev–Trinajstić information content (AvgIpc) is 2.98. The maximum absolute atomic E-state index is 12.8. The van der Waals surface area contributed by atoms with E-state index in [1.54, 1.807) is 0 Å². The van der Waals surface area contributed by atoms with Crippen LogP contribution in [0, 0.1) is 13.8 Å². The van der Waals surface area contributed by atoms with Gasteiger partial charge in [-0.25, -0.2) is 9.48 Å². The maximum Gasteiger partial charge on any atom is 0.337 e. The third kappa shape index (κ3) is 4.90. The lowest BCUT2D eigenvalue weighted by Gasteiger charge is -2.07. The fourth-order valence-corrected chi connectivity index (χ4v) is 3.97. The first-order valence-electron chi connectivity index (χ1n) is 8.87. The molecule has 1 aromatic heterocycles. The van der Waals surface area contributed by atoms with E-state index in [1.807, 2.05) is 0 Å². The van der Waals surface area contributed by atoms with Crippen molar-refractivity contribution >= 4 is 37.6 Å². The molecular weight excluding hydrogens is 480 g/mol. The van der Waals surface area contributed by atoms with Gasteiger partial charge in [-0.2, -0.15) is 16.8 Å². The second kappa shape index (κ2) is 8.36. The maximum atomic E-state index is 12.8. The molecule has 15 heteroatoms. The molecule has 0 radical (unpaired) electrons. The minimum absolute atomic E-state index is 0.213. The van der Waals surface area contributed by atoms with Crippen LogP contribution < -0.4 is 5.56 Å². The molecule has 13 nitrogen and oxygen atoms in total. The molecule has 4 N–H and O–H groups in total. The first-order chi connectivity index (χ1) is 15.2. The number of nitrogens with zero attached hydrogens (tertiary/aromatic N) is 3. The van der Waals surface area contributed by atoms with Crippen LogP contribution in [0.1, 0.15) is 21.6 Å². The van der Waals surface area contributed by atoms with E-state index in [0.717, 1.165) is 35.0 Å². The number of hydrogen-bond donors (Lipinski definition) is 4. The Morgan fingerprint density at radius 2 is 1.52 bits per heavy atom. The number of aromatic carboxylic acids is 1. The van der Waals surface area contributed by atoms with Crippen LogP contribution in [-0.4, -0.2) is 46.8 Å². The van der Waals surface area contributed by atoms with E-state index in [2.05, 4.69) is 15.3 Å². The van der Waals surface area contributed by atoms with Crippen LogP contribution in [0.3, 0.4) is 0 Å². The van der Waals surface area contributed by atoms with Crippen molar-refractivity contribution in [3.05, 3.63) is 63.6 Å². The van der Waals surface area contributed by atoms with Gasteiger partial charge in [-0.1, -0.05) is 0 Å². The van der Waals surface area contributed by atoms with Gasteiger partial charge in [-0.05, 0) is 55.8 Å². The highest BCUT2D eigenvalue weighted by Gasteiger charge is 2.19. The molecule has 1 heterocycles. The van der Waals surface area contributed by atoms with Gasteiger partial charge in [0.2, 0.25) is 0 Å². The number of nitrogens with one attached hydrogen (secondary N) is 1. The summed E-state index contributed by atoms with van der Waals surface area (Å²) in [6, 6.07) is 6.14. The zero-order valence-electron chi connectivity index (χ0n) is 16.9. The Labute approximate surface area is 186 Å². The summed E-state index contributed by atoms with van der Waals surface area (Å²) < 4.78 is 64.7. The zero-order valence-corrected chi connectivity index (χ0v) is 18.5. The van der Waals surface area contributed by atoms with Crippen LogP contribution in [-0.2, 0) is 20.2 Å². The molecule has 0 atom stereocenters. The molecule has 0 unspecified atom stereocenters. The SMILES string of the molecule is Cc1cc(S(=O)(=O)O)ccc1-n1[nH]c(C)c(N=Nc2cc(S(=O)(=O)O)ccc2C(=O)O)c1=O. The number of aromatic amines is 1. The van der Waals surface area contributed by atoms with Crippen LogP contribution in [0.25, 0.3) is 5.69 Å². The summed E-state index contributed by atoms with van der Waals surface area (Å²) in [5.41, 5.74) is -1.01. The van der Waals surface area contributed by atoms with Gasteiger partial charge in [0.05, 0.1) is 26.7 Å². The smallest absolute Gasteiger partial charge is 0.337 e. The summed E-state index contributed by atoms with van der Waals surface area (Å²) in [7, 11) is -9.09. The van der Waals surface area contributed by atoms with Gasteiger partial charge in [0.15, 0.2) is 5.69 Å². The lowest BCUT2D eigenvalue weighted by atomic mass is 10.2. The molecule has 33 heavy (non-hydrogen) atoms. The van der Waals surface area contributed by atoms with Crippen molar-refractivity contribution in [2.75, 3.05) is 0 Å². The molecule has 0 spiro atoms. The quantitative estimate of drug-likeness (QED) is 0.291. The fraction of sp³-hybridized carbons (Fsp3) is 0.111. The lowest BCUT2D eigenvalue weighted by Crippen LogP contribution is -2.15. The van der Waals surface area contributed by atoms with Crippen molar-refractivity contribution in [2.24, 2.45) is 10.2 Å². The molecule has 0 saturated carbocycles. The van der Waals surface area contributed by atoms with Crippen LogP contribution >= 0.6 is 0 Å². The van der Waals surface area contributed by atoms with Crippen LogP contribution in [0.2, 0.25) is 0 Å². The molecule has 0 aliphatic carbocycles. The largest absolute Gasteiger partial charge is 0.478 e. The number of rotatable bonds is 6. The number of azo groups is 1. The number of aromatic nitrogens is 2. The van der Waals surface area contributed by atoms with Crippen LogP contribution in [0.5, 0.6) is 0 Å². The number of hydrogen-bond acceptors (Lipinski definition) is 8. The van der Waals surface area contributed by atoms with Gasteiger partial charge in [-0.15, -0.1) is 10.2 Å². The van der Waals surface area contributed by atoms with E-state index in [0.29, 0.717) is 5.56 Å². The Bertz CT molecular complexity index is 1580. The van der Waals surface area contributed by atoms with E-state index in [-0.39, 0.29) is 22.0 Å². The summed E-state index contributed by atoms with van der Waals surface area (Å²) in [4.78, 5) is 23.3. The summed E-state index contributed by atoms with van der Waals surface area (Å²) in [5, 5.41) is 19.5. The Kier molecular flexibility index (Phi) is 6.08. The molecule has 3 rings (SSSR count). The highest BCUT2D eigenvalue weighted by molar-refractivity contribution is 7.86. The van der Waals surface area contributed by atoms with Crippen molar-refractivity contribution in [2.45, 2.75) is 23.6 Å². The number of aryl methyl sites for hydroxylation is 2.